The number of rotatable bonds is 3. The number of hydrogen-bond donors (Lipinski definition) is 2. The van der Waals surface area contributed by atoms with Gasteiger partial charge < -0.3 is 0 Å². The molecule has 1 heterocycles. The average molecular weight is 263 g/mol. The minimum atomic E-state index is -0.480. The predicted octanol–water partition coefficient (Wildman–Crippen LogP) is 1.95. The summed E-state index contributed by atoms with van der Waals surface area (Å²) in [7, 11) is 0. The molecule has 0 radical (unpaired) electrons. The first-order valence-electron chi connectivity index (χ1n) is 4.60. The van der Waals surface area contributed by atoms with Crippen LogP contribution >= 0.6 is 23.2 Å². The molecule has 0 bridgehead atoms. The summed E-state index contributed by atoms with van der Waals surface area (Å²) in [6, 6.07) is 5.24. The van der Waals surface area contributed by atoms with Crippen molar-refractivity contribution in [1.29, 1.82) is 0 Å². The Labute approximate surface area is 102 Å². The zero-order valence-corrected chi connectivity index (χ0v) is 9.69. The molecule has 0 unspecified atom stereocenters. The number of alkyl halides is 1. The smallest absolute Gasteiger partial charge is 0.172 e. The lowest BCUT2D eigenvalue weighted by molar-refractivity contribution is 0.164. The van der Waals surface area contributed by atoms with Crippen molar-refractivity contribution in [3.63, 3.8) is 0 Å². The Kier molecular flexibility index (Phi) is 3.48. The standard InChI is InChI=1S/C9H9Cl2FN4/c10-7-3-1-2-6(8(7)11)9-13-15-16(14-9)5-4-12/h1-3,15H,4-5H2,(H,13,14). The number of hydrazone groups is 1. The number of hydrogen-bond acceptors (Lipinski definition) is 4. The first-order chi connectivity index (χ1) is 7.72. The van der Waals surface area contributed by atoms with E-state index in [-0.39, 0.29) is 6.54 Å². The highest BCUT2D eigenvalue weighted by Crippen LogP contribution is 2.25. The van der Waals surface area contributed by atoms with Crippen molar-refractivity contribution in [3.8, 4) is 0 Å². The maximum atomic E-state index is 12.1. The van der Waals surface area contributed by atoms with Crippen LogP contribution in [-0.2, 0) is 0 Å². The zero-order valence-electron chi connectivity index (χ0n) is 8.17. The van der Waals surface area contributed by atoms with Gasteiger partial charge in [0, 0.05) is 5.56 Å². The van der Waals surface area contributed by atoms with Gasteiger partial charge >= 0.3 is 0 Å². The molecule has 0 fully saturated rings. The molecule has 0 aromatic heterocycles. The lowest BCUT2D eigenvalue weighted by Crippen LogP contribution is -2.42. The second-order valence-electron chi connectivity index (χ2n) is 3.11. The van der Waals surface area contributed by atoms with Crippen LogP contribution < -0.4 is 11.0 Å². The second-order valence-corrected chi connectivity index (χ2v) is 3.90. The molecule has 7 heteroatoms. The fourth-order valence-corrected chi connectivity index (χ4v) is 1.68. The van der Waals surface area contributed by atoms with E-state index in [9.17, 15) is 4.39 Å². The van der Waals surface area contributed by atoms with Crippen molar-refractivity contribution < 1.29 is 4.39 Å². The molecule has 2 rings (SSSR count). The molecule has 4 nitrogen and oxygen atoms in total. The van der Waals surface area contributed by atoms with Crippen molar-refractivity contribution in [2.24, 2.45) is 5.10 Å². The Hall–Kier alpha value is -1.04. The third-order valence-corrected chi connectivity index (χ3v) is 2.86. The van der Waals surface area contributed by atoms with Crippen LogP contribution in [0, 0.1) is 0 Å². The summed E-state index contributed by atoms with van der Waals surface area (Å²) in [5, 5.41) is 6.27. The van der Waals surface area contributed by atoms with E-state index in [2.05, 4.69) is 16.1 Å². The van der Waals surface area contributed by atoms with Gasteiger partial charge in [-0.3, -0.25) is 5.43 Å². The molecule has 1 aliphatic rings. The Balaban J connectivity index is 2.17. The Morgan fingerprint density at radius 1 is 1.38 bits per heavy atom. The van der Waals surface area contributed by atoms with Crippen LogP contribution in [0.5, 0.6) is 0 Å². The van der Waals surface area contributed by atoms with Gasteiger partial charge in [0.1, 0.15) is 6.67 Å². The van der Waals surface area contributed by atoms with Crippen LogP contribution in [0.25, 0.3) is 0 Å². The second kappa shape index (κ2) is 4.86. The van der Waals surface area contributed by atoms with Crippen LogP contribution in [-0.4, -0.2) is 24.2 Å². The maximum Gasteiger partial charge on any atom is 0.172 e. The number of hydrazine groups is 2. The number of halogens is 3. The molecule has 0 aliphatic carbocycles. The van der Waals surface area contributed by atoms with E-state index in [0.29, 0.717) is 21.4 Å². The molecule has 86 valence electrons. The van der Waals surface area contributed by atoms with Gasteiger partial charge in [0.2, 0.25) is 0 Å². The van der Waals surface area contributed by atoms with E-state index in [1.807, 2.05) is 0 Å². The van der Waals surface area contributed by atoms with Crippen molar-refractivity contribution in [2.75, 3.05) is 13.2 Å². The highest BCUT2D eigenvalue weighted by molar-refractivity contribution is 6.44. The van der Waals surface area contributed by atoms with Crippen LogP contribution in [0.15, 0.2) is 23.3 Å². The van der Waals surface area contributed by atoms with Gasteiger partial charge in [0.15, 0.2) is 5.84 Å². The summed E-state index contributed by atoms with van der Waals surface area (Å²) in [6.07, 6.45) is 0. The number of nitrogens with zero attached hydrogens (tertiary/aromatic N) is 2. The van der Waals surface area contributed by atoms with Crippen molar-refractivity contribution in [3.05, 3.63) is 33.8 Å². The minimum absolute atomic E-state index is 0.186. The van der Waals surface area contributed by atoms with Gasteiger partial charge in [0.05, 0.1) is 16.6 Å². The fourth-order valence-electron chi connectivity index (χ4n) is 1.29. The molecular formula is C9H9Cl2FN4. The van der Waals surface area contributed by atoms with Crippen LogP contribution in [0.4, 0.5) is 4.39 Å². The monoisotopic (exact) mass is 262 g/mol. The quantitative estimate of drug-likeness (QED) is 0.875. The lowest BCUT2D eigenvalue weighted by Gasteiger charge is -2.13. The Morgan fingerprint density at radius 3 is 2.94 bits per heavy atom. The summed E-state index contributed by atoms with van der Waals surface area (Å²) in [6.45, 7) is -0.294. The van der Waals surface area contributed by atoms with E-state index in [4.69, 9.17) is 23.2 Å². The van der Waals surface area contributed by atoms with E-state index < -0.39 is 6.67 Å². The molecule has 0 amide bonds. The van der Waals surface area contributed by atoms with Gasteiger partial charge in [-0.05, 0) is 12.1 Å². The van der Waals surface area contributed by atoms with E-state index in [0.717, 1.165) is 0 Å². The van der Waals surface area contributed by atoms with Gasteiger partial charge in [-0.1, -0.05) is 29.3 Å². The zero-order chi connectivity index (χ0) is 11.5. The van der Waals surface area contributed by atoms with Gasteiger partial charge in [-0.15, -0.1) is 10.2 Å². The van der Waals surface area contributed by atoms with E-state index >= 15 is 0 Å². The summed E-state index contributed by atoms with van der Waals surface area (Å²) in [4.78, 5) is 0. The fraction of sp³-hybridized carbons (Fsp3) is 0.222. The SMILES string of the molecule is FCCN1NN=C(c2cccc(Cl)c2Cl)N1. The molecule has 0 saturated heterocycles. The molecule has 0 atom stereocenters. The molecular weight excluding hydrogens is 254 g/mol. The highest BCUT2D eigenvalue weighted by Gasteiger charge is 2.18. The number of benzene rings is 1. The number of amidine groups is 1. The summed E-state index contributed by atoms with van der Waals surface area (Å²) < 4.78 is 12.1. The predicted molar refractivity (Wildman–Crippen MR) is 62.0 cm³/mol. The Morgan fingerprint density at radius 2 is 2.19 bits per heavy atom. The Bertz CT molecular complexity index is 424. The summed E-state index contributed by atoms with van der Waals surface area (Å²) >= 11 is 11.9. The first-order valence-corrected chi connectivity index (χ1v) is 5.36. The molecule has 0 saturated carbocycles. The largest absolute Gasteiger partial charge is 0.282 e. The van der Waals surface area contributed by atoms with E-state index in [1.165, 1.54) is 5.12 Å². The summed E-state index contributed by atoms with van der Waals surface area (Å²) in [5.74, 6) is 0.515. The third kappa shape index (κ3) is 2.21. The van der Waals surface area contributed by atoms with Gasteiger partial charge in [-0.2, -0.15) is 0 Å². The van der Waals surface area contributed by atoms with Crippen molar-refractivity contribution >= 4 is 29.0 Å². The van der Waals surface area contributed by atoms with Crippen molar-refractivity contribution in [1.82, 2.24) is 16.1 Å². The molecule has 16 heavy (non-hydrogen) atoms. The van der Waals surface area contributed by atoms with Crippen LogP contribution in [0.3, 0.4) is 0 Å². The normalized spacial score (nSPS) is 15.6. The lowest BCUT2D eigenvalue weighted by atomic mass is 10.2. The van der Waals surface area contributed by atoms with Crippen molar-refractivity contribution in [2.45, 2.75) is 0 Å². The third-order valence-electron chi connectivity index (χ3n) is 2.04. The van der Waals surface area contributed by atoms with Gasteiger partial charge in [0.25, 0.3) is 0 Å². The molecule has 1 aliphatic heterocycles. The molecule has 1 aromatic carbocycles. The number of nitrogens with one attached hydrogen (secondary N) is 2. The molecule has 0 spiro atoms. The maximum absolute atomic E-state index is 12.1. The summed E-state index contributed by atoms with van der Waals surface area (Å²) in [5.41, 5.74) is 6.16. The average Bonchev–Trinajstić information content (AvgIpc) is 2.71. The molecule has 1 aromatic rings. The van der Waals surface area contributed by atoms with Crippen LogP contribution in [0.1, 0.15) is 5.56 Å². The highest BCUT2D eigenvalue weighted by atomic mass is 35.5. The van der Waals surface area contributed by atoms with Crippen LogP contribution in [0.2, 0.25) is 10.0 Å². The topological polar surface area (TPSA) is 39.7 Å². The van der Waals surface area contributed by atoms with E-state index in [1.54, 1.807) is 18.2 Å². The first kappa shape index (κ1) is 11.4. The van der Waals surface area contributed by atoms with Gasteiger partial charge in [-0.25, -0.2) is 9.93 Å². The molecule has 2 N–H and O–H groups in total. The minimum Gasteiger partial charge on any atom is -0.282 e.